The number of hydrogen-bond donors (Lipinski definition) is 1. The molecule has 2 N–H and O–H groups in total. The molecule has 1 aromatic rings. The van der Waals surface area contributed by atoms with Crippen LogP contribution < -0.4 is 10.5 Å². The maximum absolute atomic E-state index is 13.2. The maximum atomic E-state index is 13.2. The number of carbonyl (C=O) groups excluding carboxylic acids is 3. The number of amides is 2. The number of likely N-dealkylation sites (tertiary alicyclic amines) is 3. The Morgan fingerprint density at radius 3 is 2.72 bits per heavy atom. The summed E-state index contributed by atoms with van der Waals surface area (Å²) in [5.41, 5.74) is 7.24. The average molecular weight is 438 g/mol. The molecule has 1 unspecified atom stereocenters. The molecule has 3 heterocycles. The average Bonchev–Trinajstić information content (AvgIpc) is 3.12. The molecule has 4 aliphatic rings. The second kappa shape index (κ2) is 7.87. The molecule has 7 atom stereocenters. The van der Waals surface area contributed by atoms with E-state index in [0.29, 0.717) is 31.2 Å². The molecule has 0 radical (unpaired) electrons. The normalized spacial score (nSPS) is 32.4. The molecule has 9 heteroatoms. The first-order valence-electron chi connectivity index (χ1n) is 11.2. The third-order valence-corrected chi connectivity index (χ3v) is 7.53. The van der Waals surface area contributed by atoms with E-state index in [9.17, 15) is 19.6 Å². The fourth-order valence-corrected chi connectivity index (χ4v) is 5.85. The Kier molecular flexibility index (Phi) is 5.14. The van der Waals surface area contributed by atoms with Crippen LogP contribution in [0.4, 0.5) is 0 Å². The molecule has 3 aliphatic heterocycles. The van der Waals surface area contributed by atoms with Gasteiger partial charge in [-0.05, 0) is 49.8 Å². The molecule has 0 aromatic heterocycles. The zero-order valence-corrected chi connectivity index (χ0v) is 18.0. The van der Waals surface area contributed by atoms with E-state index in [-0.39, 0.29) is 42.0 Å². The van der Waals surface area contributed by atoms with Crippen LogP contribution in [0.2, 0.25) is 0 Å². The van der Waals surface area contributed by atoms with Gasteiger partial charge in [-0.1, -0.05) is 12.1 Å². The van der Waals surface area contributed by atoms with Gasteiger partial charge in [0, 0.05) is 25.2 Å². The monoisotopic (exact) mass is 437 g/mol. The van der Waals surface area contributed by atoms with Crippen LogP contribution in [0.1, 0.15) is 37.8 Å². The van der Waals surface area contributed by atoms with Gasteiger partial charge >= 0.3 is 0 Å². The van der Waals surface area contributed by atoms with Crippen molar-refractivity contribution in [1.82, 2.24) is 14.7 Å². The van der Waals surface area contributed by atoms with Gasteiger partial charge in [0.2, 0.25) is 11.8 Å². The van der Waals surface area contributed by atoms with Gasteiger partial charge in [-0.2, -0.15) is 5.26 Å². The van der Waals surface area contributed by atoms with Crippen LogP contribution in [0.3, 0.4) is 0 Å². The number of piperazine rings is 1. The largest absolute Gasteiger partial charge is 0.429 e. The Morgan fingerprint density at radius 1 is 1.31 bits per heavy atom. The number of rotatable bonds is 7. The molecular weight excluding hydrogens is 410 g/mol. The highest BCUT2D eigenvalue weighted by molar-refractivity contribution is 5.87. The van der Waals surface area contributed by atoms with Crippen molar-refractivity contribution in [2.45, 2.75) is 62.4 Å². The smallest absolute Gasteiger partial charge is 0.298 e. The molecular formula is C23H27N5O4. The van der Waals surface area contributed by atoms with Crippen molar-refractivity contribution in [2.75, 3.05) is 13.1 Å². The Bertz CT molecular complexity index is 976. The molecule has 1 aromatic carbocycles. The van der Waals surface area contributed by atoms with Gasteiger partial charge in [-0.15, -0.1) is 0 Å². The predicted molar refractivity (Wildman–Crippen MR) is 113 cm³/mol. The van der Waals surface area contributed by atoms with Crippen molar-refractivity contribution in [2.24, 2.45) is 11.7 Å². The van der Waals surface area contributed by atoms with Crippen molar-refractivity contribution in [3.8, 4) is 11.8 Å². The van der Waals surface area contributed by atoms with E-state index in [4.69, 9.17) is 10.5 Å². The number of fused-ring (bicyclic) bond motifs is 3. The Hall–Kier alpha value is -2.96. The number of ether oxygens (including phenoxy) is 1. The molecule has 32 heavy (non-hydrogen) atoms. The van der Waals surface area contributed by atoms with Crippen molar-refractivity contribution in [1.29, 1.82) is 5.26 Å². The summed E-state index contributed by atoms with van der Waals surface area (Å²) in [5, 5.41) is 9.36. The minimum absolute atomic E-state index is 0.0555. The minimum Gasteiger partial charge on any atom is -0.429 e. The third-order valence-electron chi connectivity index (χ3n) is 7.53. The first-order valence-corrected chi connectivity index (χ1v) is 11.2. The van der Waals surface area contributed by atoms with E-state index < -0.39 is 6.04 Å². The van der Waals surface area contributed by atoms with Gasteiger partial charge in [-0.3, -0.25) is 19.3 Å². The summed E-state index contributed by atoms with van der Waals surface area (Å²) in [5.74, 6) is 0.804. The molecule has 2 bridgehead atoms. The van der Waals surface area contributed by atoms with Gasteiger partial charge in [0.05, 0.1) is 24.2 Å². The molecule has 1 aliphatic carbocycles. The number of nitrogens with two attached hydrogens (primary N) is 1. The van der Waals surface area contributed by atoms with Crippen molar-refractivity contribution in [3.05, 3.63) is 29.8 Å². The fraction of sp³-hybridized carbons (Fsp3) is 0.565. The van der Waals surface area contributed by atoms with Crippen LogP contribution in [0.25, 0.3) is 0 Å². The molecule has 5 rings (SSSR count). The van der Waals surface area contributed by atoms with Crippen molar-refractivity contribution in [3.63, 3.8) is 0 Å². The third kappa shape index (κ3) is 3.34. The van der Waals surface area contributed by atoms with E-state index >= 15 is 0 Å². The topological polar surface area (TPSA) is 120 Å². The number of carbonyl (C=O) groups is 3. The van der Waals surface area contributed by atoms with E-state index in [2.05, 4.69) is 6.07 Å². The maximum Gasteiger partial charge on any atom is 0.298 e. The number of piperidine rings is 1. The highest BCUT2D eigenvalue weighted by Gasteiger charge is 2.56. The highest BCUT2D eigenvalue weighted by Crippen LogP contribution is 2.48. The van der Waals surface area contributed by atoms with Crippen molar-refractivity contribution >= 4 is 18.3 Å². The molecule has 3 saturated heterocycles. The summed E-state index contributed by atoms with van der Waals surface area (Å²) in [6, 6.07) is 8.17. The van der Waals surface area contributed by atoms with Gasteiger partial charge < -0.3 is 20.3 Å². The zero-order valence-electron chi connectivity index (χ0n) is 18.0. The van der Waals surface area contributed by atoms with E-state index in [1.54, 1.807) is 17.0 Å². The molecule has 4 fully saturated rings. The van der Waals surface area contributed by atoms with Crippen LogP contribution in [0.5, 0.6) is 5.75 Å². The second-order valence-electron chi connectivity index (χ2n) is 9.36. The van der Waals surface area contributed by atoms with E-state index in [1.807, 2.05) is 28.9 Å². The summed E-state index contributed by atoms with van der Waals surface area (Å²) in [4.78, 5) is 42.2. The molecule has 0 spiro atoms. The lowest BCUT2D eigenvalue weighted by Gasteiger charge is -2.38. The van der Waals surface area contributed by atoms with E-state index in [0.717, 1.165) is 24.8 Å². The van der Waals surface area contributed by atoms with Crippen LogP contribution in [0.15, 0.2) is 24.3 Å². The van der Waals surface area contributed by atoms with Gasteiger partial charge in [0.25, 0.3) is 6.47 Å². The highest BCUT2D eigenvalue weighted by atomic mass is 16.5. The van der Waals surface area contributed by atoms with Crippen LogP contribution >= 0.6 is 0 Å². The Labute approximate surface area is 186 Å². The fourth-order valence-electron chi connectivity index (χ4n) is 5.85. The zero-order chi connectivity index (χ0) is 22.6. The summed E-state index contributed by atoms with van der Waals surface area (Å²) in [6.45, 7) is 3.40. The van der Waals surface area contributed by atoms with Crippen LogP contribution in [0, 0.1) is 17.2 Å². The number of nitrogens with zero attached hydrogens (tertiary/aromatic N) is 4. The first-order chi connectivity index (χ1) is 15.4. The van der Waals surface area contributed by atoms with Crippen LogP contribution in [-0.4, -0.2) is 76.3 Å². The molecule has 168 valence electrons. The van der Waals surface area contributed by atoms with Gasteiger partial charge in [0.1, 0.15) is 11.8 Å². The predicted octanol–water partition coefficient (Wildman–Crippen LogP) is 0.408. The first kappa shape index (κ1) is 20.9. The van der Waals surface area contributed by atoms with Gasteiger partial charge in [0.15, 0.2) is 0 Å². The van der Waals surface area contributed by atoms with Crippen LogP contribution in [-0.2, 0) is 14.4 Å². The number of nitriles is 1. The number of hydrogen-bond acceptors (Lipinski definition) is 7. The van der Waals surface area contributed by atoms with E-state index in [1.165, 1.54) is 0 Å². The lowest BCUT2D eigenvalue weighted by molar-refractivity contribution is -0.141. The summed E-state index contributed by atoms with van der Waals surface area (Å²) >= 11 is 0. The molecule has 1 saturated carbocycles. The minimum atomic E-state index is -0.728. The Balaban J connectivity index is 1.21. The summed E-state index contributed by atoms with van der Waals surface area (Å²) < 4.78 is 4.84. The summed E-state index contributed by atoms with van der Waals surface area (Å²) in [6.07, 6.45) is 2.45. The standard InChI is InChI=1S/C23H27N5O4/c1-13(14-2-4-18(5-3-14)32-12-29)27-17-8-21(23(27)31)26(10-17)11-19(25)22(30)28-16(9-24)6-15-7-20(15)28/h2-5,12-13,15-17,19-21H,6-8,10-11,25H2,1H3/t13-,15?,16+,17-,19+,20+,21-/m1/s1. The summed E-state index contributed by atoms with van der Waals surface area (Å²) in [7, 11) is 0. The Morgan fingerprint density at radius 2 is 2.06 bits per heavy atom. The number of benzene rings is 1. The molecule has 9 nitrogen and oxygen atoms in total. The van der Waals surface area contributed by atoms with Crippen molar-refractivity contribution < 1.29 is 19.1 Å². The SMILES string of the molecule is C[C@H](c1ccc(OC=O)cc1)N1C(=O)[C@H]2C[C@@H]1CN2C[C@H](N)C(=O)N1[C@H](C#N)CC2C[C@@H]21. The quantitative estimate of drug-likeness (QED) is 0.614. The lowest BCUT2D eigenvalue weighted by atomic mass is 10.1. The molecule has 2 amide bonds. The van der Waals surface area contributed by atoms with Gasteiger partial charge in [-0.25, -0.2) is 0 Å². The lowest BCUT2D eigenvalue weighted by Crippen LogP contribution is -2.57. The second-order valence-corrected chi connectivity index (χ2v) is 9.36.